The van der Waals surface area contributed by atoms with E-state index >= 15 is 0 Å². The van der Waals surface area contributed by atoms with Crippen LogP contribution in [-0.2, 0) is 0 Å². The van der Waals surface area contributed by atoms with Crippen molar-refractivity contribution < 1.29 is 10.2 Å². The van der Waals surface area contributed by atoms with Gasteiger partial charge in [0.2, 0.25) is 0 Å². The molecule has 18 heavy (non-hydrogen) atoms. The second-order valence-corrected chi connectivity index (χ2v) is 5.52. The van der Waals surface area contributed by atoms with Crippen molar-refractivity contribution in [1.82, 2.24) is 0 Å². The molecule has 1 aliphatic rings. The van der Waals surface area contributed by atoms with Crippen molar-refractivity contribution >= 4 is 0 Å². The van der Waals surface area contributed by atoms with Crippen LogP contribution in [0.15, 0.2) is 23.8 Å². The molecule has 2 nitrogen and oxygen atoms in total. The third kappa shape index (κ3) is 4.58. The van der Waals surface area contributed by atoms with Gasteiger partial charge in [-0.25, -0.2) is 0 Å². The topological polar surface area (TPSA) is 40.5 Å². The van der Waals surface area contributed by atoms with E-state index in [4.69, 9.17) is 0 Å². The van der Waals surface area contributed by atoms with Gasteiger partial charge < -0.3 is 10.2 Å². The van der Waals surface area contributed by atoms with E-state index in [1.165, 1.54) is 5.57 Å². The molecule has 2 heteroatoms. The van der Waals surface area contributed by atoms with Crippen molar-refractivity contribution in [3.8, 4) is 0 Å². The molecule has 0 aromatic rings. The lowest BCUT2D eigenvalue weighted by atomic mass is 9.80. The quantitative estimate of drug-likeness (QED) is 0.727. The molecule has 0 saturated heterocycles. The Balaban J connectivity index is 2.64. The predicted octanol–water partition coefficient (Wildman–Crippen LogP) is 3.59. The molecule has 0 fully saturated rings. The van der Waals surface area contributed by atoms with Gasteiger partial charge in [0.05, 0.1) is 12.2 Å². The summed E-state index contributed by atoms with van der Waals surface area (Å²) in [5, 5.41) is 20.0. The molecule has 0 aromatic carbocycles. The molecule has 0 spiro atoms. The monoisotopic (exact) mass is 252 g/mol. The minimum Gasteiger partial charge on any atom is -0.393 e. The number of aliphatic hydroxyl groups excluding tert-OH is 2. The van der Waals surface area contributed by atoms with E-state index in [1.807, 2.05) is 0 Å². The maximum absolute atomic E-state index is 10.1. The van der Waals surface area contributed by atoms with Crippen molar-refractivity contribution in [2.24, 2.45) is 5.92 Å². The maximum Gasteiger partial charge on any atom is 0.0643 e. The highest BCUT2D eigenvalue weighted by molar-refractivity contribution is 5.33. The molecule has 0 amide bonds. The molecule has 0 bridgehead atoms. The van der Waals surface area contributed by atoms with Crippen LogP contribution in [0.2, 0.25) is 0 Å². The lowest BCUT2D eigenvalue weighted by Crippen LogP contribution is -2.25. The standard InChI is InChI=1S/C16H28O2/c1-4-6-8-13-10-14(11-15(17)7-5-2)12(3)9-16(13)18/h10,13,15-18H,3-9,11H2,1-2H3/t13-,15-,16+/m1/s1. The summed E-state index contributed by atoms with van der Waals surface area (Å²) in [5.74, 6) is 0.249. The summed E-state index contributed by atoms with van der Waals surface area (Å²) >= 11 is 0. The van der Waals surface area contributed by atoms with Crippen LogP contribution >= 0.6 is 0 Å². The molecule has 0 heterocycles. The van der Waals surface area contributed by atoms with Gasteiger partial charge in [0.25, 0.3) is 0 Å². The van der Waals surface area contributed by atoms with Crippen molar-refractivity contribution in [1.29, 1.82) is 0 Å². The largest absolute Gasteiger partial charge is 0.393 e. The summed E-state index contributed by atoms with van der Waals surface area (Å²) in [6, 6.07) is 0. The van der Waals surface area contributed by atoms with Crippen LogP contribution in [0.25, 0.3) is 0 Å². The van der Waals surface area contributed by atoms with Gasteiger partial charge in [0.1, 0.15) is 0 Å². The van der Waals surface area contributed by atoms with Crippen LogP contribution in [-0.4, -0.2) is 22.4 Å². The summed E-state index contributed by atoms with van der Waals surface area (Å²) < 4.78 is 0. The molecular weight excluding hydrogens is 224 g/mol. The lowest BCUT2D eigenvalue weighted by Gasteiger charge is -2.29. The summed E-state index contributed by atoms with van der Waals surface area (Å²) in [4.78, 5) is 0. The van der Waals surface area contributed by atoms with Crippen LogP contribution < -0.4 is 0 Å². The van der Waals surface area contributed by atoms with Crippen molar-refractivity contribution in [3.63, 3.8) is 0 Å². The van der Waals surface area contributed by atoms with Crippen molar-refractivity contribution in [2.45, 2.75) is 71.0 Å². The number of unbranched alkanes of at least 4 members (excludes halogenated alkanes) is 1. The summed E-state index contributed by atoms with van der Waals surface area (Å²) in [5.41, 5.74) is 2.17. The summed E-state index contributed by atoms with van der Waals surface area (Å²) in [7, 11) is 0. The van der Waals surface area contributed by atoms with Gasteiger partial charge in [0.15, 0.2) is 0 Å². The van der Waals surface area contributed by atoms with E-state index in [1.54, 1.807) is 0 Å². The summed E-state index contributed by atoms with van der Waals surface area (Å²) in [6.07, 6.45) is 8.16. The van der Waals surface area contributed by atoms with Crippen LogP contribution in [0.5, 0.6) is 0 Å². The van der Waals surface area contributed by atoms with Gasteiger partial charge in [-0.3, -0.25) is 0 Å². The maximum atomic E-state index is 10.1. The van der Waals surface area contributed by atoms with Crippen LogP contribution in [0.1, 0.15) is 58.8 Å². The van der Waals surface area contributed by atoms with Crippen molar-refractivity contribution in [2.75, 3.05) is 0 Å². The van der Waals surface area contributed by atoms with E-state index in [9.17, 15) is 10.2 Å². The van der Waals surface area contributed by atoms with E-state index in [2.05, 4.69) is 26.5 Å². The highest BCUT2D eigenvalue weighted by atomic mass is 16.3. The van der Waals surface area contributed by atoms with Gasteiger partial charge >= 0.3 is 0 Å². The molecule has 0 radical (unpaired) electrons. The first-order chi connectivity index (χ1) is 8.58. The zero-order chi connectivity index (χ0) is 13.5. The van der Waals surface area contributed by atoms with E-state index < -0.39 is 0 Å². The lowest BCUT2D eigenvalue weighted by molar-refractivity contribution is 0.117. The second kappa shape index (κ2) is 7.75. The number of aliphatic hydroxyl groups is 2. The number of hydrogen-bond acceptors (Lipinski definition) is 2. The van der Waals surface area contributed by atoms with Crippen LogP contribution in [0.4, 0.5) is 0 Å². The third-order valence-electron chi connectivity index (χ3n) is 3.79. The first-order valence-corrected chi connectivity index (χ1v) is 7.33. The molecule has 0 aromatic heterocycles. The van der Waals surface area contributed by atoms with Crippen LogP contribution in [0.3, 0.4) is 0 Å². The van der Waals surface area contributed by atoms with Crippen LogP contribution in [0, 0.1) is 5.92 Å². The van der Waals surface area contributed by atoms with E-state index in [0.717, 1.165) is 37.7 Å². The Bertz CT molecular complexity index is 293. The Morgan fingerprint density at radius 1 is 1.39 bits per heavy atom. The van der Waals surface area contributed by atoms with Gasteiger partial charge in [-0.05, 0) is 36.8 Å². The van der Waals surface area contributed by atoms with E-state index in [-0.39, 0.29) is 18.1 Å². The minimum atomic E-state index is -0.281. The Morgan fingerprint density at radius 2 is 2.11 bits per heavy atom. The third-order valence-corrected chi connectivity index (χ3v) is 3.79. The Hall–Kier alpha value is -0.600. The average Bonchev–Trinajstić information content (AvgIpc) is 2.31. The highest BCUT2D eigenvalue weighted by Crippen LogP contribution is 2.32. The molecule has 2 N–H and O–H groups in total. The minimum absolute atomic E-state index is 0.249. The smallest absolute Gasteiger partial charge is 0.0643 e. The SMILES string of the molecule is C=C1C[C@H](O)[C@H](CCCC)C=C1C[C@H](O)CCC. The molecule has 0 aliphatic heterocycles. The zero-order valence-electron chi connectivity index (χ0n) is 11.9. The molecule has 1 aliphatic carbocycles. The Labute approximate surface area is 111 Å². The number of rotatable bonds is 7. The molecule has 0 unspecified atom stereocenters. The molecule has 3 atom stereocenters. The molecular formula is C16H28O2. The normalized spacial score (nSPS) is 26.0. The van der Waals surface area contributed by atoms with Crippen molar-refractivity contribution in [3.05, 3.63) is 23.8 Å². The summed E-state index contributed by atoms with van der Waals surface area (Å²) in [6.45, 7) is 8.29. The van der Waals surface area contributed by atoms with Gasteiger partial charge in [0, 0.05) is 5.92 Å². The fourth-order valence-corrected chi connectivity index (χ4v) is 2.64. The average molecular weight is 252 g/mol. The Morgan fingerprint density at radius 3 is 2.72 bits per heavy atom. The van der Waals surface area contributed by atoms with Gasteiger partial charge in [-0.1, -0.05) is 45.8 Å². The zero-order valence-corrected chi connectivity index (χ0v) is 11.9. The molecule has 1 rings (SSSR count). The number of hydrogen-bond donors (Lipinski definition) is 2. The van der Waals surface area contributed by atoms with Gasteiger partial charge in [-0.2, -0.15) is 0 Å². The van der Waals surface area contributed by atoms with Gasteiger partial charge in [-0.15, -0.1) is 0 Å². The Kier molecular flexibility index (Phi) is 6.66. The molecule has 0 saturated carbocycles. The first-order valence-electron chi connectivity index (χ1n) is 7.33. The molecule has 104 valence electrons. The van der Waals surface area contributed by atoms with E-state index in [0.29, 0.717) is 12.8 Å². The predicted molar refractivity (Wildman–Crippen MR) is 76.4 cm³/mol. The fourth-order valence-electron chi connectivity index (χ4n) is 2.64. The first kappa shape index (κ1) is 15.5. The second-order valence-electron chi connectivity index (χ2n) is 5.52. The highest BCUT2D eigenvalue weighted by Gasteiger charge is 2.25. The fraction of sp³-hybridized carbons (Fsp3) is 0.750.